The number of hydrogen-bond acceptors (Lipinski definition) is 2. The second-order valence-corrected chi connectivity index (χ2v) is 5.38. The fourth-order valence-electron chi connectivity index (χ4n) is 2.27. The SMILES string of the molecule is COc1ccc(Cl)cc1C(=O)N1CCCC1CBr. The van der Waals surface area contributed by atoms with Crippen LogP contribution in [0.5, 0.6) is 5.75 Å². The number of amides is 1. The highest BCUT2D eigenvalue weighted by atomic mass is 79.9. The average Bonchev–Trinajstić information content (AvgIpc) is 2.86. The van der Waals surface area contributed by atoms with Crippen molar-refractivity contribution < 1.29 is 9.53 Å². The van der Waals surface area contributed by atoms with E-state index in [-0.39, 0.29) is 11.9 Å². The predicted octanol–water partition coefficient (Wildman–Crippen LogP) is 3.35. The summed E-state index contributed by atoms with van der Waals surface area (Å²) in [7, 11) is 1.56. The maximum atomic E-state index is 12.5. The van der Waals surface area contributed by atoms with Crippen LogP contribution < -0.4 is 4.74 Å². The first kappa shape index (κ1) is 13.7. The Labute approximate surface area is 120 Å². The molecule has 0 aliphatic carbocycles. The van der Waals surface area contributed by atoms with Crippen LogP contribution in [0.1, 0.15) is 23.2 Å². The molecule has 1 fully saturated rings. The van der Waals surface area contributed by atoms with Crippen LogP contribution in [0.4, 0.5) is 0 Å². The maximum absolute atomic E-state index is 12.5. The third-order valence-electron chi connectivity index (χ3n) is 3.21. The molecule has 18 heavy (non-hydrogen) atoms. The number of carbonyl (C=O) groups excluding carboxylic acids is 1. The van der Waals surface area contributed by atoms with Gasteiger partial charge in [0.1, 0.15) is 5.75 Å². The van der Waals surface area contributed by atoms with Gasteiger partial charge in [-0.05, 0) is 31.0 Å². The zero-order valence-electron chi connectivity index (χ0n) is 10.2. The minimum absolute atomic E-state index is 0.00343. The van der Waals surface area contributed by atoms with Gasteiger partial charge in [-0.25, -0.2) is 0 Å². The van der Waals surface area contributed by atoms with E-state index in [0.717, 1.165) is 24.7 Å². The zero-order valence-corrected chi connectivity index (χ0v) is 12.5. The van der Waals surface area contributed by atoms with Crippen molar-refractivity contribution in [1.29, 1.82) is 0 Å². The number of hydrogen-bond donors (Lipinski definition) is 0. The smallest absolute Gasteiger partial charge is 0.257 e. The summed E-state index contributed by atoms with van der Waals surface area (Å²) in [5.74, 6) is 0.570. The van der Waals surface area contributed by atoms with E-state index in [0.29, 0.717) is 16.3 Å². The van der Waals surface area contributed by atoms with Crippen LogP contribution in [-0.2, 0) is 0 Å². The number of likely N-dealkylation sites (tertiary alicyclic amines) is 1. The Morgan fingerprint density at radius 1 is 1.61 bits per heavy atom. The van der Waals surface area contributed by atoms with Gasteiger partial charge in [0, 0.05) is 22.9 Å². The Bertz CT molecular complexity index is 453. The molecule has 1 amide bonds. The standard InChI is InChI=1S/C13H15BrClNO2/c1-18-12-5-4-9(15)7-11(12)13(17)16-6-2-3-10(16)8-14/h4-5,7,10H,2-3,6,8H2,1H3. The largest absolute Gasteiger partial charge is 0.496 e. The number of ether oxygens (including phenoxy) is 1. The van der Waals surface area contributed by atoms with Gasteiger partial charge < -0.3 is 9.64 Å². The van der Waals surface area contributed by atoms with Gasteiger partial charge in [0.05, 0.1) is 12.7 Å². The fraction of sp³-hybridized carbons (Fsp3) is 0.462. The number of alkyl halides is 1. The number of methoxy groups -OCH3 is 1. The van der Waals surface area contributed by atoms with Crippen LogP contribution in [0, 0.1) is 0 Å². The number of carbonyl (C=O) groups is 1. The summed E-state index contributed by atoms with van der Waals surface area (Å²) in [6, 6.07) is 5.39. The van der Waals surface area contributed by atoms with Crippen molar-refractivity contribution in [2.24, 2.45) is 0 Å². The molecule has 0 radical (unpaired) electrons. The molecule has 0 N–H and O–H groups in total. The van der Waals surface area contributed by atoms with E-state index >= 15 is 0 Å². The molecule has 1 aliphatic heterocycles. The first-order valence-corrected chi connectivity index (χ1v) is 7.37. The van der Waals surface area contributed by atoms with Crippen molar-refractivity contribution in [3.05, 3.63) is 28.8 Å². The van der Waals surface area contributed by atoms with Crippen molar-refractivity contribution >= 4 is 33.4 Å². The maximum Gasteiger partial charge on any atom is 0.257 e. The Morgan fingerprint density at radius 2 is 2.39 bits per heavy atom. The second kappa shape index (κ2) is 5.93. The van der Waals surface area contributed by atoms with Crippen molar-refractivity contribution in [2.75, 3.05) is 19.0 Å². The molecule has 1 aromatic rings. The number of nitrogens with zero attached hydrogens (tertiary/aromatic N) is 1. The van der Waals surface area contributed by atoms with Gasteiger partial charge in [-0.15, -0.1) is 0 Å². The van der Waals surface area contributed by atoms with Crippen LogP contribution in [0.25, 0.3) is 0 Å². The average molecular weight is 333 g/mol. The van der Waals surface area contributed by atoms with Gasteiger partial charge in [-0.2, -0.15) is 0 Å². The Hall–Kier alpha value is -0.740. The van der Waals surface area contributed by atoms with E-state index in [2.05, 4.69) is 15.9 Å². The predicted molar refractivity (Wildman–Crippen MR) is 75.9 cm³/mol. The molecule has 1 saturated heterocycles. The lowest BCUT2D eigenvalue weighted by Crippen LogP contribution is -2.36. The lowest BCUT2D eigenvalue weighted by Gasteiger charge is -2.24. The van der Waals surface area contributed by atoms with Crippen LogP contribution in [0.2, 0.25) is 5.02 Å². The summed E-state index contributed by atoms with van der Waals surface area (Å²) in [5.41, 5.74) is 0.540. The third kappa shape index (κ3) is 2.64. The van der Waals surface area contributed by atoms with E-state index in [4.69, 9.17) is 16.3 Å². The molecule has 0 aromatic heterocycles. The quantitative estimate of drug-likeness (QED) is 0.795. The van der Waals surface area contributed by atoms with Gasteiger partial charge in [0.25, 0.3) is 5.91 Å². The van der Waals surface area contributed by atoms with E-state index in [1.807, 2.05) is 4.90 Å². The number of benzene rings is 1. The molecule has 1 aromatic carbocycles. The minimum atomic E-state index is -0.00343. The molecule has 1 heterocycles. The molecule has 1 aliphatic rings. The monoisotopic (exact) mass is 331 g/mol. The number of halogens is 2. The van der Waals surface area contributed by atoms with Crippen molar-refractivity contribution in [1.82, 2.24) is 4.90 Å². The molecule has 2 rings (SSSR count). The van der Waals surface area contributed by atoms with Crippen molar-refractivity contribution in [2.45, 2.75) is 18.9 Å². The Balaban J connectivity index is 2.30. The van der Waals surface area contributed by atoms with Gasteiger partial charge in [0.15, 0.2) is 0 Å². The lowest BCUT2D eigenvalue weighted by atomic mass is 10.1. The molecule has 0 bridgehead atoms. The summed E-state index contributed by atoms with van der Waals surface area (Å²) >= 11 is 9.42. The van der Waals surface area contributed by atoms with Crippen LogP contribution in [0.3, 0.4) is 0 Å². The summed E-state index contributed by atoms with van der Waals surface area (Å²) in [6.45, 7) is 0.796. The van der Waals surface area contributed by atoms with Gasteiger partial charge in [-0.3, -0.25) is 4.79 Å². The first-order chi connectivity index (χ1) is 8.67. The normalized spacial score (nSPS) is 19.1. The highest BCUT2D eigenvalue weighted by molar-refractivity contribution is 9.09. The minimum Gasteiger partial charge on any atom is -0.496 e. The van der Waals surface area contributed by atoms with E-state index < -0.39 is 0 Å². The van der Waals surface area contributed by atoms with Gasteiger partial charge >= 0.3 is 0 Å². The molecule has 3 nitrogen and oxygen atoms in total. The summed E-state index contributed by atoms with van der Waals surface area (Å²) in [5, 5.41) is 1.36. The highest BCUT2D eigenvalue weighted by Crippen LogP contribution is 2.28. The molecule has 1 unspecified atom stereocenters. The second-order valence-electron chi connectivity index (χ2n) is 4.29. The van der Waals surface area contributed by atoms with Crippen LogP contribution in [0.15, 0.2) is 18.2 Å². The van der Waals surface area contributed by atoms with Gasteiger partial charge in [-0.1, -0.05) is 27.5 Å². The molecular weight excluding hydrogens is 318 g/mol. The summed E-state index contributed by atoms with van der Waals surface area (Å²) in [4.78, 5) is 14.4. The van der Waals surface area contributed by atoms with Crippen LogP contribution in [-0.4, -0.2) is 35.8 Å². The Morgan fingerprint density at radius 3 is 3.06 bits per heavy atom. The van der Waals surface area contributed by atoms with E-state index in [1.165, 1.54) is 0 Å². The lowest BCUT2D eigenvalue weighted by molar-refractivity contribution is 0.0747. The molecule has 0 spiro atoms. The molecular formula is C13H15BrClNO2. The highest BCUT2D eigenvalue weighted by Gasteiger charge is 2.30. The summed E-state index contributed by atoms with van der Waals surface area (Å²) < 4.78 is 5.23. The molecule has 5 heteroatoms. The Kier molecular flexibility index (Phi) is 4.51. The van der Waals surface area contributed by atoms with Gasteiger partial charge in [0.2, 0.25) is 0 Å². The van der Waals surface area contributed by atoms with E-state index in [1.54, 1.807) is 25.3 Å². The topological polar surface area (TPSA) is 29.5 Å². The zero-order chi connectivity index (χ0) is 13.1. The molecule has 0 saturated carbocycles. The van der Waals surface area contributed by atoms with Crippen molar-refractivity contribution in [3.8, 4) is 5.75 Å². The molecule has 98 valence electrons. The fourth-order valence-corrected chi connectivity index (χ4v) is 3.11. The van der Waals surface area contributed by atoms with E-state index in [9.17, 15) is 4.79 Å². The first-order valence-electron chi connectivity index (χ1n) is 5.88. The third-order valence-corrected chi connectivity index (χ3v) is 4.19. The van der Waals surface area contributed by atoms with Crippen molar-refractivity contribution in [3.63, 3.8) is 0 Å². The number of rotatable bonds is 3. The molecule has 1 atom stereocenters. The van der Waals surface area contributed by atoms with Crippen LogP contribution >= 0.6 is 27.5 Å². The summed E-state index contributed by atoms with van der Waals surface area (Å²) in [6.07, 6.45) is 2.09.